The zero-order valence-corrected chi connectivity index (χ0v) is 40.4. The van der Waals surface area contributed by atoms with Gasteiger partial charge in [0, 0.05) is 39.8 Å². The molecule has 63 heavy (non-hydrogen) atoms. The fourth-order valence-corrected chi connectivity index (χ4v) is 16.8. The minimum Gasteiger partial charge on any atom is -0.462 e. The summed E-state index contributed by atoms with van der Waals surface area (Å²) < 4.78 is 23.2. The Hall–Kier alpha value is -2.49. The lowest BCUT2D eigenvalue weighted by molar-refractivity contribution is -0.240. The van der Waals surface area contributed by atoms with E-state index in [4.69, 9.17) is 18.9 Å². The van der Waals surface area contributed by atoms with E-state index < -0.39 is 5.41 Å². The molecule has 9 nitrogen and oxygen atoms in total. The molecule has 0 bridgehead atoms. The van der Waals surface area contributed by atoms with Crippen molar-refractivity contribution in [2.45, 2.75) is 145 Å². The Labute approximate surface area is 379 Å². The maximum absolute atomic E-state index is 15.2. The highest BCUT2D eigenvalue weighted by Gasteiger charge is 2.73. The Bertz CT molecular complexity index is 1840. The predicted octanol–water partition coefficient (Wildman–Crippen LogP) is 9.60. The molecule has 0 radical (unpaired) electrons. The predicted molar refractivity (Wildman–Crippen MR) is 244 cm³/mol. The quantitative estimate of drug-likeness (QED) is 0.143. The van der Waals surface area contributed by atoms with Crippen molar-refractivity contribution >= 4 is 17.8 Å². The van der Waals surface area contributed by atoms with Crippen molar-refractivity contribution in [2.24, 2.45) is 79.8 Å². The van der Waals surface area contributed by atoms with Crippen molar-refractivity contribution in [3.63, 3.8) is 0 Å². The van der Waals surface area contributed by atoms with Crippen molar-refractivity contribution in [3.05, 3.63) is 35.9 Å². The zero-order chi connectivity index (χ0) is 44.6. The SMILES string of the molecule is COCCOCCN1CCN(C(=O)C23CCC(C4(C)CC4)C2C2CCC4C5(C)CCC(OC(=O)C6CC(C(=O)OCc7ccccc7)C6(C)C)C(C)C5CCC4(C)C2(C)CC3)CC1. The topological polar surface area (TPSA) is 94.6 Å². The Kier molecular flexibility index (Phi) is 12.3. The van der Waals surface area contributed by atoms with E-state index >= 15 is 4.79 Å². The minimum absolute atomic E-state index is 0.0809. The molecule has 1 aromatic carbocycles. The molecule has 13 atom stereocenters. The van der Waals surface area contributed by atoms with Crippen molar-refractivity contribution in [2.75, 3.05) is 59.7 Å². The molecule has 0 aromatic heterocycles. The molecule has 350 valence electrons. The van der Waals surface area contributed by atoms with Gasteiger partial charge in [-0.05, 0) is 152 Å². The van der Waals surface area contributed by atoms with Crippen LogP contribution < -0.4 is 0 Å². The Morgan fingerprint density at radius 1 is 0.698 bits per heavy atom. The smallest absolute Gasteiger partial charge is 0.309 e. The van der Waals surface area contributed by atoms with Crippen LogP contribution in [0.5, 0.6) is 0 Å². The number of ether oxygens (including phenoxy) is 4. The lowest BCUT2D eigenvalue weighted by Gasteiger charge is -2.72. The van der Waals surface area contributed by atoms with Crippen LogP contribution in [0.4, 0.5) is 0 Å². The molecule has 7 aliphatic carbocycles. The van der Waals surface area contributed by atoms with Gasteiger partial charge in [0.15, 0.2) is 0 Å². The van der Waals surface area contributed by atoms with Crippen LogP contribution in [0.2, 0.25) is 0 Å². The minimum atomic E-state index is -0.496. The molecule has 8 aliphatic rings. The lowest BCUT2D eigenvalue weighted by Crippen LogP contribution is -2.67. The number of hydrogen-bond acceptors (Lipinski definition) is 8. The fourth-order valence-electron chi connectivity index (χ4n) is 16.8. The van der Waals surface area contributed by atoms with Gasteiger partial charge < -0.3 is 23.8 Å². The van der Waals surface area contributed by atoms with Crippen LogP contribution in [-0.2, 0) is 39.9 Å². The standard InChI is InChI=1S/C54H82N2O7/c1-36-38-16-20-53(7)44(51(38,5)19-18-43(36)63-47(58)42-34-41(49(42,2)3)46(57)62-35-37-12-10-9-11-13-37)15-14-40-45-39(50(4)22-23-50)17-21-54(45,25-24-52(40,53)6)48(59)56-28-26-55(27-29-56)30-31-61-33-32-60-8/h9-13,36,38-45H,14-35H2,1-8H3. The number of carbonyl (C=O) groups is 3. The van der Waals surface area contributed by atoms with Crippen molar-refractivity contribution in [3.8, 4) is 0 Å². The summed E-state index contributed by atoms with van der Waals surface area (Å²) in [7, 11) is 1.71. The number of methoxy groups -OCH3 is 1. The summed E-state index contributed by atoms with van der Waals surface area (Å²) in [6.45, 7) is 23.8. The average molecular weight is 871 g/mol. The van der Waals surface area contributed by atoms with E-state index in [1.807, 2.05) is 44.2 Å². The first-order valence-corrected chi connectivity index (χ1v) is 25.5. The van der Waals surface area contributed by atoms with Gasteiger partial charge in [0.25, 0.3) is 0 Å². The number of rotatable bonds is 13. The molecular formula is C54H82N2O7. The number of carbonyl (C=O) groups excluding carboxylic acids is 3. The summed E-state index contributed by atoms with van der Waals surface area (Å²) >= 11 is 0. The van der Waals surface area contributed by atoms with E-state index in [0.29, 0.717) is 73.1 Å². The third kappa shape index (κ3) is 7.55. The molecule has 1 aromatic rings. The van der Waals surface area contributed by atoms with E-state index in [1.54, 1.807) is 7.11 Å². The lowest BCUT2D eigenvalue weighted by atomic mass is 9.33. The Balaban J connectivity index is 0.858. The molecule has 9 rings (SSSR count). The molecule has 1 heterocycles. The molecule has 0 spiro atoms. The van der Waals surface area contributed by atoms with Crippen molar-refractivity contribution < 1.29 is 33.3 Å². The van der Waals surface area contributed by atoms with E-state index in [2.05, 4.69) is 44.4 Å². The summed E-state index contributed by atoms with van der Waals surface area (Å²) in [6.07, 6.45) is 14.6. The van der Waals surface area contributed by atoms with Gasteiger partial charge in [-0.3, -0.25) is 19.3 Å². The normalized spacial score (nSPS) is 42.4. The van der Waals surface area contributed by atoms with Gasteiger partial charge in [-0.15, -0.1) is 0 Å². The van der Waals surface area contributed by atoms with Crippen LogP contribution in [0.25, 0.3) is 0 Å². The molecule has 1 aliphatic heterocycles. The molecule has 1 saturated heterocycles. The molecule has 1 amide bonds. The number of amides is 1. The van der Waals surface area contributed by atoms with Crippen LogP contribution in [0.15, 0.2) is 30.3 Å². The highest BCUT2D eigenvalue weighted by Crippen LogP contribution is 2.78. The summed E-state index contributed by atoms with van der Waals surface area (Å²) in [6, 6.07) is 9.79. The number of nitrogens with zero attached hydrogens (tertiary/aromatic N) is 2. The Morgan fingerprint density at radius 2 is 1.41 bits per heavy atom. The number of fused-ring (bicyclic) bond motifs is 7. The van der Waals surface area contributed by atoms with Crippen LogP contribution in [0.1, 0.15) is 138 Å². The van der Waals surface area contributed by atoms with Crippen molar-refractivity contribution in [1.29, 1.82) is 0 Å². The molecule has 9 heteroatoms. The number of hydrogen-bond donors (Lipinski definition) is 0. The summed E-state index contributed by atoms with van der Waals surface area (Å²) in [5.74, 6) is 2.75. The van der Waals surface area contributed by atoms with Crippen LogP contribution in [-0.4, -0.2) is 93.4 Å². The van der Waals surface area contributed by atoms with Gasteiger partial charge in [0.1, 0.15) is 12.7 Å². The third-order valence-corrected chi connectivity index (χ3v) is 21.3. The molecule has 13 unspecified atom stereocenters. The van der Waals surface area contributed by atoms with Gasteiger partial charge in [-0.25, -0.2) is 0 Å². The zero-order valence-electron chi connectivity index (χ0n) is 40.4. The fraction of sp³-hybridized carbons (Fsp3) is 0.833. The molecule has 0 N–H and O–H groups in total. The number of piperazine rings is 1. The first kappa shape index (κ1) is 45.7. The Morgan fingerprint density at radius 3 is 2.11 bits per heavy atom. The van der Waals surface area contributed by atoms with Crippen LogP contribution in [0, 0.1) is 79.8 Å². The number of benzene rings is 1. The summed E-state index contributed by atoms with van der Waals surface area (Å²) in [5, 5.41) is 0. The van der Waals surface area contributed by atoms with Gasteiger partial charge in [0.05, 0.1) is 37.1 Å². The summed E-state index contributed by atoms with van der Waals surface area (Å²) in [5.41, 5.74) is 1.29. The third-order valence-electron chi connectivity index (χ3n) is 21.3. The second-order valence-electron chi connectivity index (χ2n) is 24.1. The average Bonchev–Trinajstić information content (AvgIpc) is 3.88. The van der Waals surface area contributed by atoms with E-state index in [-0.39, 0.29) is 58.1 Å². The van der Waals surface area contributed by atoms with E-state index in [9.17, 15) is 9.59 Å². The molecular weight excluding hydrogens is 789 g/mol. The van der Waals surface area contributed by atoms with E-state index in [1.165, 1.54) is 51.4 Å². The monoisotopic (exact) mass is 871 g/mol. The largest absolute Gasteiger partial charge is 0.462 e. The highest BCUT2D eigenvalue weighted by atomic mass is 16.5. The second kappa shape index (κ2) is 17.0. The van der Waals surface area contributed by atoms with Gasteiger partial charge in [-0.2, -0.15) is 0 Å². The molecule has 7 saturated carbocycles. The molecule has 8 fully saturated rings. The van der Waals surface area contributed by atoms with E-state index in [0.717, 1.165) is 64.0 Å². The maximum atomic E-state index is 15.2. The van der Waals surface area contributed by atoms with Crippen molar-refractivity contribution in [1.82, 2.24) is 9.80 Å². The maximum Gasteiger partial charge on any atom is 0.309 e. The van der Waals surface area contributed by atoms with Gasteiger partial charge >= 0.3 is 11.9 Å². The van der Waals surface area contributed by atoms with Gasteiger partial charge in [-0.1, -0.05) is 78.8 Å². The van der Waals surface area contributed by atoms with Gasteiger partial charge in [0.2, 0.25) is 5.91 Å². The highest BCUT2D eigenvalue weighted by molar-refractivity contribution is 5.84. The number of esters is 2. The van der Waals surface area contributed by atoms with Crippen LogP contribution in [0.3, 0.4) is 0 Å². The first-order chi connectivity index (χ1) is 30.0. The van der Waals surface area contributed by atoms with Crippen LogP contribution >= 0.6 is 0 Å². The first-order valence-electron chi connectivity index (χ1n) is 25.5. The summed E-state index contributed by atoms with van der Waals surface area (Å²) in [4.78, 5) is 47.1. The second-order valence-corrected chi connectivity index (χ2v) is 24.1.